The van der Waals surface area contributed by atoms with Gasteiger partial charge in [0.2, 0.25) is 0 Å². The Morgan fingerprint density at radius 1 is 1.05 bits per heavy atom. The van der Waals surface area contributed by atoms with E-state index in [1.165, 1.54) is 34.5 Å². The summed E-state index contributed by atoms with van der Waals surface area (Å²) in [6, 6.07) is 0. The highest BCUT2D eigenvalue weighted by Gasteiger charge is 1.96. The number of oxime groups is 1. The highest BCUT2D eigenvalue weighted by molar-refractivity contribution is 8.77. The van der Waals surface area contributed by atoms with Gasteiger partial charge in [-0.25, -0.2) is 0 Å². The van der Waals surface area contributed by atoms with Gasteiger partial charge in [-0.3, -0.25) is 0 Å². The predicted molar refractivity (Wildman–Crippen MR) is 96.6 cm³/mol. The molecule has 0 aromatic rings. The zero-order valence-electron chi connectivity index (χ0n) is 11.5. The van der Waals surface area contributed by atoms with E-state index in [0.717, 1.165) is 19.6 Å². The summed E-state index contributed by atoms with van der Waals surface area (Å²) in [5.41, 5.74) is 2.61. The normalized spacial score (nSPS) is 21.6. The van der Waals surface area contributed by atoms with Gasteiger partial charge in [0.25, 0.3) is 0 Å². The van der Waals surface area contributed by atoms with E-state index in [1.54, 1.807) is 12.5 Å². The first-order chi connectivity index (χ1) is 10.0. The fourth-order valence-corrected chi connectivity index (χ4v) is 5.81. The van der Waals surface area contributed by atoms with Crippen molar-refractivity contribution in [3.8, 4) is 0 Å². The van der Waals surface area contributed by atoms with Gasteiger partial charge in [0, 0.05) is 40.7 Å². The summed E-state index contributed by atoms with van der Waals surface area (Å²) in [4.78, 5) is 9.03. The van der Waals surface area contributed by atoms with Crippen molar-refractivity contribution in [3.05, 3.63) is 12.3 Å². The molecule has 4 nitrogen and oxygen atoms in total. The zero-order valence-corrected chi connectivity index (χ0v) is 14.8. The van der Waals surface area contributed by atoms with Crippen LogP contribution in [0.4, 0.5) is 0 Å². The number of nitrogens with zero attached hydrogens (tertiary/aromatic N) is 1. The Morgan fingerprint density at radius 2 is 1.85 bits per heavy atom. The molecular formula is C12H22N2O2S4. The van der Waals surface area contributed by atoms with Crippen molar-refractivity contribution in [1.82, 2.24) is 5.48 Å². The second kappa shape index (κ2) is 15.8. The van der Waals surface area contributed by atoms with Crippen LogP contribution in [0.25, 0.3) is 0 Å². The molecule has 20 heavy (non-hydrogen) atoms. The molecule has 0 amide bonds. The maximum absolute atomic E-state index is 4.51. The number of hydrogen-bond donors (Lipinski definition) is 1. The van der Waals surface area contributed by atoms with Crippen molar-refractivity contribution in [1.29, 1.82) is 0 Å². The molecule has 4 rings (SSSR count). The van der Waals surface area contributed by atoms with Crippen LogP contribution in [0.2, 0.25) is 0 Å². The molecular weight excluding hydrogens is 332 g/mol. The van der Waals surface area contributed by atoms with Crippen LogP contribution in [-0.4, -0.2) is 47.5 Å². The van der Waals surface area contributed by atoms with Gasteiger partial charge in [-0.1, -0.05) is 26.7 Å². The van der Waals surface area contributed by atoms with Gasteiger partial charge >= 0.3 is 0 Å². The van der Waals surface area contributed by atoms with Gasteiger partial charge in [0.05, 0.1) is 6.54 Å². The third-order valence-electron chi connectivity index (χ3n) is 2.01. The highest BCUT2D eigenvalue weighted by atomic mass is 33.1. The molecule has 4 aliphatic rings. The van der Waals surface area contributed by atoms with E-state index in [4.69, 9.17) is 0 Å². The molecule has 0 aromatic heterocycles. The van der Waals surface area contributed by atoms with Crippen molar-refractivity contribution in [2.24, 2.45) is 5.16 Å². The molecule has 0 unspecified atom stereocenters. The van der Waals surface area contributed by atoms with Crippen molar-refractivity contribution < 1.29 is 9.68 Å². The summed E-state index contributed by atoms with van der Waals surface area (Å²) in [6.45, 7) is 1.62. The van der Waals surface area contributed by atoms with Crippen LogP contribution in [0.1, 0.15) is 12.8 Å². The van der Waals surface area contributed by atoms with Gasteiger partial charge in [-0.05, 0) is 12.5 Å². The van der Waals surface area contributed by atoms with Gasteiger partial charge in [-0.2, -0.15) is 29.0 Å². The summed E-state index contributed by atoms with van der Waals surface area (Å²) < 4.78 is 0. The lowest BCUT2D eigenvalue weighted by Crippen LogP contribution is -2.02. The molecule has 0 aromatic carbocycles. The highest BCUT2D eigenvalue weighted by Crippen LogP contribution is 2.29. The third-order valence-corrected chi connectivity index (χ3v) is 7.17. The summed E-state index contributed by atoms with van der Waals surface area (Å²) in [5, 5.41) is 4.79. The minimum absolute atomic E-state index is 0.778. The first-order valence-electron chi connectivity index (χ1n) is 6.57. The third kappa shape index (κ3) is 13.4. The van der Waals surface area contributed by atoms with E-state index >= 15 is 0 Å². The van der Waals surface area contributed by atoms with E-state index in [1.807, 2.05) is 51.2 Å². The fraction of sp³-hybridized carbons (Fsp3) is 0.750. The second-order valence-corrected chi connectivity index (χ2v) is 8.96. The summed E-state index contributed by atoms with van der Waals surface area (Å²) >= 11 is 4.07. The molecule has 2 fully saturated rings. The Labute approximate surface area is 138 Å². The fourth-order valence-electron chi connectivity index (χ4n) is 1.09. The number of thioether (sulfide) groups is 2. The second-order valence-electron chi connectivity index (χ2n) is 3.68. The average molecular weight is 355 g/mol. The summed E-state index contributed by atoms with van der Waals surface area (Å²) in [7, 11) is 3.98. The SMILES string of the molecule is C1=CONC1.C1=NOCC1.C1CSCS1.C1CSSC1. The molecule has 0 radical (unpaired) electrons. The Kier molecular flexibility index (Phi) is 14.5. The molecule has 2 saturated heterocycles. The standard InChI is InChI=1S/2C3H5NO.2C3H6S2/c2*1-2-4-5-3-1;1-2-5-3-4-1;1-2-4-5-3-1/h2H,1,3H2;1,3-4H,2H2;2*1-3H2. The molecule has 0 aliphatic carbocycles. The van der Waals surface area contributed by atoms with Gasteiger partial charge in [0.1, 0.15) is 12.9 Å². The monoisotopic (exact) mass is 354 g/mol. The summed E-state index contributed by atoms with van der Waals surface area (Å²) in [6.07, 6.45) is 7.70. The van der Waals surface area contributed by atoms with E-state index in [0.29, 0.717) is 0 Å². The maximum atomic E-state index is 4.51. The number of nitrogens with one attached hydrogen (secondary N) is 1. The quantitative estimate of drug-likeness (QED) is 0.666. The Bertz CT molecular complexity index is 207. The number of rotatable bonds is 0. The number of hydroxylamine groups is 1. The van der Waals surface area contributed by atoms with E-state index in [9.17, 15) is 0 Å². The average Bonchev–Trinajstić information content (AvgIpc) is 3.40. The molecule has 1 N–H and O–H groups in total. The van der Waals surface area contributed by atoms with Crippen molar-refractivity contribution in [2.75, 3.05) is 41.2 Å². The van der Waals surface area contributed by atoms with Crippen LogP contribution in [0.15, 0.2) is 17.5 Å². The summed E-state index contributed by atoms with van der Waals surface area (Å²) in [5.74, 6) is 5.52. The van der Waals surface area contributed by atoms with E-state index in [2.05, 4.69) is 20.3 Å². The Morgan fingerprint density at radius 3 is 2.05 bits per heavy atom. The largest absolute Gasteiger partial charge is 0.417 e. The first-order valence-corrected chi connectivity index (χ1v) is 11.4. The molecule has 4 aliphatic heterocycles. The van der Waals surface area contributed by atoms with Crippen LogP contribution in [0, 0.1) is 0 Å². The lowest BCUT2D eigenvalue weighted by atomic mass is 10.5. The van der Waals surface area contributed by atoms with Crippen LogP contribution in [0.3, 0.4) is 0 Å². The lowest BCUT2D eigenvalue weighted by molar-refractivity contribution is 0.168. The molecule has 8 heteroatoms. The van der Waals surface area contributed by atoms with Crippen LogP contribution < -0.4 is 5.48 Å². The van der Waals surface area contributed by atoms with Crippen LogP contribution in [-0.2, 0) is 9.68 Å². The smallest absolute Gasteiger partial charge is 0.122 e. The van der Waals surface area contributed by atoms with E-state index < -0.39 is 0 Å². The van der Waals surface area contributed by atoms with Gasteiger partial charge in [0.15, 0.2) is 0 Å². The van der Waals surface area contributed by atoms with Crippen molar-refractivity contribution in [2.45, 2.75) is 12.8 Å². The molecule has 116 valence electrons. The maximum Gasteiger partial charge on any atom is 0.122 e. The molecule has 0 atom stereocenters. The molecule has 4 heterocycles. The van der Waals surface area contributed by atoms with Gasteiger partial charge < -0.3 is 9.68 Å². The zero-order chi connectivity index (χ0) is 14.1. The van der Waals surface area contributed by atoms with Crippen molar-refractivity contribution >= 4 is 51.3 Å². The van der Waals surface area contributed by atoms with Crippen LogP contribution in [0.5, 0.6) is 0 Å². The predicted octanol–water partition coefficient (Wildman–Crippen LogP) is 3.62. The number of hydrogen-bond acceptors (Lipinski definition) is 8. The Balaban J connectivity index is 0.000000133. The molecule has 0 saturated carbocycles. The van der Waals surface area contributed by atoms with Crippen molar-refractivity contribution in [3.63, 3.8) is 0 Å². The van der Waals surface area contributed by atoms with Crippen LogP contribution >= 0.6 is 45.1 Å². The molecule has 0 bridgehead atoms. The lowest BCUT2D eigenvalue weighted by Gasteiger charge is -1.82. The topological polar surface area (TPSA) is 42.8 Å². The minimum atomic E-state index is 0.778. The van der Waals surface area contributed by atoms with E-state index in [-0.39, 0.29) is 0 Å². The minimum Gasteiger partial charge on any atom is -0.417 e. The van der Waals surface area contributed by atoms with Gasteiger partial charge in [-0.15, -0.1) is 0 Å². The Hall–Kier alpha value is 0.370. The molecule has 0 spiro atoms. The first kappa shape index (κ1) is 18.4.